The van der Waals surface area contributed by atoms with Crippen LogP contribution in [-0.4, -0.2) is 37.2 Å². The first-order valence-corrected chi connectivity index (χ1v) is 27.6. The van der Waals surface area contributed by atoms with Crippen molar-refractivity contribution in [3.63, 3.8) is 0 Å². The number of hydrogen-bond donors (Lipinski definition) is 0. The van der Waals surface area contributed by atoms with Crippen LogP contribution in [0.15, 0.2) is 48.6 Å². The maximum atomic E-state index is 12.8. The molecule has 0 aliphatic rings. The van der Waals surface area contributed by atoms with Crippen LogP contribution in [0.4, 0.5) is 0 Å². The Bertz CT molecular complexity index is 1120. The second kappa shape index (κ2) is 53.0. The van der Waals surface area contributed by atoms with E-state index in [0.29, 0.717) is 19.3 Å². The van der Waals surface area contributed by atoms with Gasteiger partial charge in [-0.25, -0.2) is 0 Å². The third-order valence-corrected chi connectivity index (χ3v) is 12.1. The van der Waals surface area contributed by atoms with E-state index in [9.17, 15) is 14.4 Å². The summed E-state index contributed by atoms with van der Waals surface area (Å²) < 4.78 is 16.8. The van der Waals surface area contributed by atoms with Crippen LogP contribution in [0.5, 0.6) is 0 Å². The minimum absolute atomic E-state index is 0.0859. The Morgan fingerprint density at radius 3 is 0.938 bits per heavy atom. The van der Waals surface area contributed by atoms with Gasteiger partial charge in [0.25, 0.3) is 0 Å². The van der Waals surface area contributed by atoms with Gasteiger partial charge in [-0.05, 0) is 57.8 Å². The summed E-state index contributed by atoms with van der Waals surface area (Å²) in [6, 6.07) is 0. The molecule has 0 unspecified atom stereocenters. The molecule has 1 atom stereocenters. The Morgan fingerprint density at radius 1 is 0.312 bits per heavy atom. The molecule has 0 aromatic heterocycles. The average molecular weight is 897 g/mol. The Kier molecular flexibility index (Phi) is 50.8. The van der Waals surface area contributed by atoms with Crippen LogP contribution in [-0.2, 0) is 28.6 Å². The van der Waals surface area contributed by atoms with E-state index in [1.807, 2.05) is 0 Å². The summed E-state index contributed by atoms with van der Waals surface area (Å²) in [6.07, 6.45) is 63.9. The van der Waals surface area contributed by atoms with Crippen molar-refractivity contribution in [1.29, 1.82) is 0 Å². The third-order valence-electron chi connectivity index (χ3n) is 12.1. The van der Waals surface area contributed by atoms with Gasteiger partial charge in [0.15, 0.2) is 6.10 Å². The molecule has 372 valence electrons. The number of carbonyl (C=O) groups excluding carboxylic acids is 3. The summed E-state index contributed by atoms with van der Waals surface area (Å²) in [5, 5.41) is 0. The van der Waals surface area contributed by atoms with E-state index in [1.165, 1.54) is 173 Å². The summed E-state index contributed by atoms with van der Waals surface area (Å²) in [5.41, 5.74) is 0. The largest absolute Gasteiger partial charge is 0.462 e. The number of hydrogen-bond acceptors (Lipinski definition) is 6. The van der Waals surface area contributed by atoms with Crippen molar-refractivity contribution >= 4 is 17.9 Å². The van der Waals surface area contributed by atoms with E-state index >= 15 is 0 Å². The highest BCUT2D eigenvalue weighted by atomic mass is 16.6. The molecule has 0 aromatic carbocycles. The van der Waals surface area contributed by atoms with Crippen molar-refractivity contribution in [2.75, 3.05) is 13.2 Å². The normalized spacial score (nSPS) is 12.4. The molecule has 0 spiro atoms. The summed E-state index contributed by atoms with van der Waals surface area (Å²) in [4.78, 5) is 38.0. The van der Waals surface area contributed by atoms with Gasteiger partial charge >= 0.3 is 17.9 Å². The number of allylic oxidation sites excluding steroid dienone is 8. The molecule has 0 rings (SSSR count). The molecule has 0 saturated carbocycles. The van der Waals surface area contributed by atoms with Gasteiger partial charge in [0, 0.05) is 19.3 Å². The van der Waals surface area contributed by atoms with Gasteiger partial charge in [-0.3, -0.25) is 14.4 Å². The van der Waals surface area contributed by atoms with Crippen LogP contribution in [0.3, 0.4) is 0 Å². The lowest BCUT2D eigenvalue weighted by Gasteiger charge is -2.18. The van der Waals surface area contributed by atoms with Crippen LogP contribution < -0.4 is 0 Å². The lowest BCUT2D eigenvalue weighted by Crippen LogP contribution is -2.30. The highest BCUT2D eigenvalue weighted by molar-refractivity contribution is 5.71. The number of unbranched alkanes of at least 4 members (excludes halogenated alkanes) is 31. The van der Waals surface area contributed by atoms with Crippen molar-refractivity contribution in [2.24, 2.45) is 0 Å². The molecule has 6 heteroatoms. The standard InChI is InChI=1S/C58H104O6/c1-4-7-10-13-16-19-22-25-27-29-31-33-36-39-42-45-48-51-57(60)63-54-55(53-62-56(59)50-47-44-41-38-35-24-21-18-15-12-9-6-3)64-58(61)52-49-46-43-40-37-34-32-30-28-26-23-20-17-14-11-8-5-2/h16,19,25,27,31,33,39,42,55H,4-15,17-18,20-24,26,28-30,32,34-38,40-41,43-54H2,1-3H3/b19-16-,27-25-,33-31-,42-39-/t55-/m1/s1. The lowest BCUT2D eigenvalue weighted by atomic mass is 10.0. The molecular formula is C58H104O6. The molecule has 64 heavy (non-hydrogen) atoms. The summed E-state index contributed by atoms with van der Waals surface area (Å²) >= 11 is 0. The van der Waals surface area contributed by atoms with Crippen LogP contribution in [0.1, 0.15) is 284 Å². The molecule has 0 fully saturated rings. The first-order chi connectivity index (χ1) is 31.5. The highest BCUT2D eigenvalue weighted by Gasteiger charge is 2.19. The molecule has 0 aliphatic heterocycles. The summed E-state index contributed by atoms with van der Waals surface area (Å²) in [6.45, 7) is 6.59. The van der Waals surface area contributed by atoms with Crippen LogP contribution in [0.25, 0.3) is 0 Å². The fraction of sp³-hybridized carbons (Fsp3) is 0.810. The third kappa shape index (κ3) is 50.4. The maximum absolute atomic E-state index is 12.8. The SMILES string of the molecule is CCCCC/C=C\C/C=C\C/C=C\C/C=C\CCCC(=O)OC[C@@H](COC(=O)CCCCCCCCCCCCCC)OC(=O)CCCCCCCCCCCCCCCCCCC. The second-order valence-corrected chi connectivity index (χ2v) is 18.5. The summed E-state index contributed by atoms with van der Waals surface area (Å²) in [5.74, 6) is -0.931. The van der Waals surface area contributed by atoms with Crippen LogP contribution in [0.2, 0.25) is 0 Å². The predicted molar refractivity (Wildman–Crippen MR) is 275 cm³/mol. The minimum atomic E-state index is -0.790. The lowest BCUT2D eigenvalue weighted by molar-refractivity contribution is -0.167. The molecular weight excluding hydrogens is 793 g/mol. The molecule has 0 saturated heterocycles. The average Bonchev–Trinajstić information content (AvgIpc) is 3.29. The molecule has 0 heterocycles. The van der Waals surface area contributed by atoms with E-state index in [2.05, 4.69) is 69.4 Å². The van der Waals surface area contributed by atoms with Crippen molar-refractivity contribution < 1.29 is 28.6 Å². The Labute approximate surface area is 397 Å². The highest BCUT2D eigenvalue weighted by Crippen LogP contribution is 2.16. The van der Waals surface area contributed by atoms with E-state index in [-0.39, 0.29) is 37.5 Å². The smallest absolute Gasteiger partial charge is 0.306 e. The number of esters is 3. The molecule has 0 radical (unpaired) electrons. The minimum Gasteiger partial charge on any atom is -0.462 e. The molecule has 6 nitrogen and oxygen atoms in total. The Hall–Kier alpha value is -2.63. The second-order valence-electron chi connectivity index (χ2n) is 18.5. The van der Waals surface area contributed by atoms with Crippen LogP contribution >= 0.6 is 0 Å². The fourth-order valence-electron chi connectivity index (χ4n) is 7.91. The van der Waals surface area contributed by atoms with Gasteiger partial charge in [0.2, 0.25) is 0 Å². The van der Waals surface area contributed by atoms with Gasteiger partial charge in [0.1, 0.15) is 13.2 Å². The van der Waals surface area contributed by atoms with Crippen molar-refractivity contribution in [3.05, 3.63) is 48.6 Å². The number of carbonyl (C=O) groups is 3. The Balaban J connectivity index is 4.41. The molecule has 0 aliphatic carbocycles. The zero-order valence-electron chi connectivity index (χ0n) is 42.6. The number of ether oxygens (including phenoxy) is 3. The molecule has 0 amide bonds. The van der Waals surface area contributed by atoms with Gasteiger partial charge in [-0.15, -0.1) is 0 Å². The van der Waals surface area contributed by atoms with Crippen molar-refractivity contribution in [1.82, 2.24) is 0 Å². The van der Waals surface area contributed by atoms with E-state index in [1.54, 1.807) is 0 Å². The van der Waals surface area contributed by atoms with E-state index < -0.39 is 6.10 Å². The van der Waals surface area contributed by atoms with E-state index in [4.69, 9.17) is 14.2 Å². The molecule has 0 N–H and O–H groups in total. The fourth-order valence-corrected chi connectivity index (χ4v) is 7.91. The monoisotopic (exact) mass is 897 g/mol. The number of rotatable bonds is 50. The summed E-state index contributed by atoms with van der Waals surface area (Å²) in [7, 11) is 0. The topological polar surface area (TPSA) is 78.9 Å². The van der Waals surface area contributed by atoms with Gasteiger partial charge < -0.3 is 14.2 Å². The first-order valence-electron chi connectivity index (χ1n) is 27.6. The molecule has 0 aromatic rings. The predicted octanol–water partition coefficient (Wildman–Crippen LogP) is 18.3. The van der Waals surface area contributed by atoms with Crippen LogP contribution in [0, 0.1) is 0 Å². The van der Waals surface area contributed by atoms with Gasteiger partial charge in [0.05, 0.1) is 0 Å². The molecule has 0 bridgehead atoms. The first kappa shape index (κ1) is 61.4. The Morgan fingerprint density at radius 2 is 0.578 bits per heavy atom. The van der Waals surface area contributed by atoms with Crippen molar-refractivity contribution in [2.45, 2.75) is 290 Å². The maximum Gasteiger partial charge on any atom is 0.306 e. The zero-order chi connectivity index (χ0) is 46.5. The van der Waals surface area contributed by atoms with E-state index in [0.717, 1.165) is 64.2 Å². The van der Waals surface area contributed by atoms with Gasteiger partial charge in [-0.1, -0.05) is 256 Å². The quantitative estimate of drug-likeness (QED) is 0.0262. The zero-order valence-corrected chi connectivity index (χ0v) is 42.6. The van der Waals surface area contributed by atoms with Crippen molar-refractivity contribution in [3.8, 4) is 0 Å². The van der Waals surface area contributed by atoms with Gasteiger partial charge in [-0.2, -0.15) is 0 Å².